The molecule has 1 fully saturated rings. The molecule has 12 heteroatoms. The van der Waals surface area contributed by atoms with Gasteiger partial charge in [0.05, 0.1) is 33.1 Å². The van der Waals surface area contributed by atoms with Crippen LogP contribution in [0.4, 0.5) is 5.82 Å². The lowest BCUT2D eigenvalue weighted by Gasteiger charge is -2.09. The number of carbonyl (C=O) groups excluding carboxylic acids is 4. The van der Waals surface area contributed by atoms with Gasteiger partial charge in [0.25, 0.3) is 0 Å². The molecule has 0 aromatic carbocycles. The van der Waals surface area contributed by atoms with Crippen molar-refractivity contribution in [1.29, 1.82) is 0 Å². The van der Waals surface area contributed by atoms with E-state index in [0.29, 0.717) is 0 Å². The van der Waals surface area contributed by atoms with Crippen LogP contribution in [0.3, 0.4) is 0 Å². The van der Waals surface area contributed by atoms with Gasteiger partial charge in [-0.15, -0.1) is 0 Å². The Balaban J connectivity index is 2.34. The Morgan fingerprint density at radius 2 is 1.90 bits per heavy atom. The van der Waals surface area contributed by atoms with E-state index in [2.05, 4.69) is 14.7 Å². The monoisotopic (exact) mass is 426 g/mol. The normalized spacial score (nSPS) is 17.5. The van der Waals surface area contributed by atoms with Crippen LogP contribution in [0.2, 0.25) is 0 Å². The maximum atomic E-state index is 12.4. The highest BCUT2D eigenvalue weighted by Crippen LogP contribution is 2.31. The number of aromatic nitrogens is 2. The molecular formula is C17H22N4O7S. The van der Waals surface area contributed by atoms with E-state index >= 15 is 0 Å². The van der Waals surface area contributed by atoms with Gasteiger partial charge in [-0.1, -0.05) is 11.8 Å². The number of amides is 1. The summed E-state index contributed by atoms with van der Waals surface area (Å²) in [4.78, 5) is 57.7. The maximum absolute atomic E-state index is 12.4. The largest absolute Gasteiger partial charge is 0.469 e. The Hall–Kier alpha value is -2.89. The minimum absolute atomic E-state index is 0.00591. The third kappa shape index (κ3) is 5.34. The number of rotatable bonds is 8. The lowest BCUT2D eigenvalue weighted by Crippen LogP contribution is -2.29. The number of ether oxygens (including phenoxy) is 3. The maximum Gasteiger partial charge on any atom is 0.358 e. The summed E-state index contributed by atoms with van der Waals surface area (Å²) >= 11 is 1.06. The zero-order valence-electron chi connectivity index (χ0n) is 16.5. The van der Waals surface area contributed by atoms with Crippen molar-refractivity contribution in [2.45, 2.75) is 32.1 Å². The Labute approximate surface area is 171 Å². The van der Waals surface area contributed by atoms with E-state index in [1.165, 1.54) is 30.0 Å². The number of nitrogens with zero attached hydrogens (tertiary/aromatic N) is 4. The standard InChI is InChI=1S/C17H22N4O7S/c1-5-27-12(23)8-21-9-18-14(13(21)16(25)28-6-2)19-17-20(3)15(24)10(29-17)7-11(22)26-4/h9-10H,5-8H2,1-4H3/t10-/m0/s1. The summed E-state index contributed by atoms with van der Waals surface area (Å²) < 4.78 is 15.8. The van der Waals surface area contributed by atoms with Gasteiger partial charge < -0.3 is 18.8 Å². The summed E-state index contributed by atoms with van der Waals surface area (Å²) in [5.41, 5.74) is -0.0368. The quantitative estimate of drug-likeness (QED) is 0.436. The first-order chi connectivity index (χ1) is 13.8. The van der Waals surface area contributed by atoms with Gasteiger partial charge in [-0.2, -0.15) is 0 Å². The van der Waals surface area contributed by atoms with Crippen molar-refractivity contribution in [3.05, 3.63) is 12.0 Å². The van der Waals surface area contributed by atoms with Gasteiger partial charge in [-0.25, -0.2) is 14.8 Å². The molecule has 2 rings (SSSR count). The van der Waals surface area contributed by atoms with Crippen LogP contribution in [0.15, 0.2) is 11.3 Å². The summed E-state index contributed by atoms with van der Waals surface area (Å²) in [5.74, 6) is -2.10. The van der Waals surface area contributed by atoms with E-state index < -0.39 is 23.2 Å². The minimum Gasteiger partial charge on any atom is -0.469 e. The smallest absolute Gasteiger partial charge is 0.358 e. The zero-order chi connectivity index (χ0) is 21.6. The van der Waals surface area contributed by atoms with E-state index in [9.17, 15) is 19.2 Å². The van der Waals surface area contributed by atoms with E-state index in [1.807, 2.05) is 0 Å². The number of aliphatic imine (C=N–C) groups is 1. The lowest BCUT2D eigenvalue weighted by molar-refractivity contribution is -0.144. The fourth-order valence-electron chi connectivity index (χ4n) is 2.45. The van der Waals surface area contributed by atoms with Crippen LogP contribution in [0.1, 0.15) is 30.8 Å². The van der Waals surface area contributed by atoms with Crippen molar-refractivity contribution < 1.29 is 33.4 Å². The molecule has 1 aliphatic heterocycles. The molecule has 0 aliphatic carbocycles. The molecule has 1 atom stereocenters. The number of hydrogen-bond donors (Lipinski definition) is 0. The first kappa shape index (κ1) is 22.4. The molecular weight excluding hydrogens is 404 g/mol. The van der Waals surface area contributed by atoms with Crippen LogP contribution in [-0.4, -0.2) is 76.1 Å². The Morgan fingerprint density at radius 3 is 2.52 bits per heavy atom. The molecule has 0 saturated carbocycles. The molecule has 158 valence electrons. The average molecular weight is 426 g/mol. The zero-order valence-corrected chi connectivity index (χ0v) is 17.4. The third-order valence-electron chi connectivity index (χ3n) is 3.81. The van der Waals surface area contributed by atoms with Crippen molar-refractivity contribution in [3.63, 3.8) is 0 Å². The molecule has 0 bridgehead atoms. The number of methoxy groups -OCH3 is 1. The highest BCUT2D eigenvalue weighted by Gasteiger charge is 2.38. The van der Waals surface area contributed by atoms with Gasteiger partial charge >= 0.3 is 17.9 Å². The molecule has 1 aliphatic rings. The van der Waals surface area contributed by atoms with E-state index in [1.54, 1.807) is 13.8 Å². The minimum atomic E-state index is -0.711. The molecule has 29 heavy (non-hydrogen) atoms. The highest BCUT2D eigenvalue weighted by atomic mass is 32.2. The second-order valence-corrected chi connectivity index (χ2v) is 6.92. The number of imidazole rings is 1. The summed E-state index contributed by atoms with van der Waals surface area (Å²) in [7, 11) is 2.75. The molecule has 0 radical (unpaired) electrons. The number of thioether (sulfide) groups is 1. The average Bonchev–Trinajstić information content (AvgIpc) is 3.18. The Morgan fingerprint density at radius 1 is 1.21 bits per heavy atom. The molecule has 2 heterocycles. The van der Waals surface area contributed by atoms with Gasteiger partial charge in [0, 0.05) is 7.05 Å². The fraction of sp³-hybridized carbons (Fsp3) is 0.529. The van der Waals surface area contributed by atoms with Crippen molar-refractivity contribution in [1.82, 2.24) is 14.5 Å². The van der Waals surface area contributed by atoms with Crippen LogP contribution >= 0.6 is 11.8 Å². The predicted octanol–water partition coefficient (Wildman–Crippen LogP) is 0.747. The summed E-state index contributed by atoms with van der Waals surface area (Å²) in [6.45, 7) is 3.39. The second kappa shape index (κ2) is 10.0. The molecule has 1 aromatic heterocycles. The van der Waals surface area contributed by atoms with Gasteiger partial charge in [0.15, 0.2) is 16.7 Å². The van der Waals surface area contributed by atoms with E-state index in [0.717, 1.165) is 11.8 Å². The van der Waals surface area contributed by atoms with Crippen LogP contribution in [-0.2, 0) is 35.1 Å². The predicted molar refractivity (Wildman–Crippen MR) is 103 cm³/mol. The lowest BCUT2D eigenvalue weighted by atomic mass is 10.3. The topological polar surface area (TPSA) is 129 Å². The molecule has 11 nitrogen and oxygen atoms in total. The number of esters is 3. The van der Waals surface area contributed by atoms with Crippen molar-refractivity contribution in [2.24, 2.45) is 4.99 Å². The van der Waals surface area contributed by atoms with Crippen molar-refractivity contribution in [3.8, 4) is 0 Å². The molecule has 1 amide bonds. The molecule has 0 spiro atoms. The number of carbonyl (C=O) groups is 4. The first-order valence-electron chi connectivity index (χ1n) is 8.79. The molecule has 1 aromatic rings. The van der Waals surface area contributed by atoms with Gasteiger partial charge in [-0.3, -0.25) is 19.3 Å². The number of amidine groups is 1. The summed E-state index contributed by atoms with van der Waals surface area (Å²) in [5, 5.41) is -0.422. The number of hydrogen-bond acceptors (Lipinski definition) is 10. The summed E-state index contributed by atoms with van der Waals surface area (Å²) in [6, 6.07) is 0. The van der Waals surface area contributed by atoms with Gasteiger partial charge in [0.1, 0.15) is 11.8 Å². The SMILES string of the molecule is CCOC(=O)Cn1cnc(N=C2S[C@@H](CC(=O)OC)C(=O)N2C)c1C(=O)OCC. The van der Waals surface area contributed by atoms with E-state index in [-0.39, 0.29) is 48.8 Å². The molecule has 0 unspecified atom stereocenters. The van der Waals surface area contributed by atoms with Crippen molar-refractivity contribution in [2.75, 3.05) is 27.4 Å². The molecule has 0 N–H and O–H groups in total. The highest BCUT2D eigenvalue weighted by molar-refractivity contribution is 8.15. The molecule has 1 saturated heterocycles. The first-order valence-corrected chi connectivity index (χ1v) is 9.67. The van der Waals surface area contributed by atoms with Crippen molar-refractivity contribution >= 4 is 46.6 Å². The fourth-order valence-corrected chi connectivity index (χ4v) is 3.57. The van der Waals surface area contributed by atoms with Crippen LogP contribution in [0, 0.1) is 0 Å². The van der Waals surface area contributed by atoms with Crippen LogP contribution in [0.25, 0.3) is 0 Å². The Kier molecular flexibility index (Phi) is 7.76. The summed E-state index contributed by atoms with van der Waals surface area (Å²) in [6.07, 6.45) is 1.17. The third-order valence-corrected chi connectivity index (χ3v) is 5.04. The van der Waals surface area contributed by atoms with E-state index in [4.69, 9.17) is 9.47 Å². The second-order valence-electron chi connectivity index (χ2n) is 5.75. The van der Waals surface area contributed by atoms with Gasteiger partial charge in [0.2, 0.25) is 5.91 Å². The van der Waals surface area contributed by atoms with Crippen LogP contribution in [0.5, 0.6) is 0 Å². The van der Waals surface area contributed by atoms with Gasteiger partial charge in [-0.05, 0) is 13.8 Å². The van der Waals surface area contributed by atoms with Crippen LogP contribution < -0.4 is 0 Å². The Bertz CT molecular complexity index is 836.